The van der Waals surface area contributed by atoms with Gasteiger partial charge in [0.05, 0.1) is 19.4 Å². The third-order valence-corrected chi connectivity index (χ3v) is 6.01. The highest BCUT2D eigenvalue weighted by Crippen LogP contribution is 2.36. The average molecular weight is 586 g/mol. The Hall–Kier alpha value is -3.63. The largest absolute Gasteiger partial charge is 0.420 e. The summed E-state index contributed by atoms with van der Waals surface area (Å²) in [5, 5.41) is 10.8. The number of nitro groups is 1. The molecule has 4 rings (SSSR count). The van der Waals surface area contributed by atoms with Gasteiger partial charge in [0.1, 0.15) is 0 Å². The van der Waals surface area contributed by atoms with Gasteiger partial charge in [0.15, 0.2) is 11.4 Å². The molecule has 1 heterocycles. The molecule has 10 heteroatoms. The van der Waals surface area contributed by atoms with Gasteiger partial charge >= 0.3 is 11.9 Å². The van der Waals surface area contributed by atoms with Gasteiger partial charge in [0.2, 0.25) is 5.90 Å². The number of carbonyl (C=O) groups is 2. The van der Waals surface area contributed by atoms with Gasteiger partial charge in [0.25, 0.3) is 5.69 Å². The van der Waals surface area contributed by atoms with Gasteiger partial charge < -0.3 is 9.47 Å². The molecule has 1 aliphatic heterocycles. The highest BCUT2D eigenvalue weighted by Gasteiger charge is 2.25. The number of benzene rings is 3. The molecule has 170 valence electrons. The van der Waals surface area contributed by atoms with E-state index in [9.17, 15) is 19.7 Å². The predicted octanol–water partition coefficient (Wildman–Crippen LogP) is 5.99. The molecule has 0 aliphatic carbocycles. The first-order chi connectivity index (χ1) is 16.2. The molecule has 0 unspecified atom stereocenters. The van der Waals surface area contributed by atoms with Crippen molar-refractivity contribution in [2.45, 2.75) is 6.92 Å². The van der Waals surface area contributed by atoms with E-state index in [0.29, 0.717) is 31.4 Å². The fraction of sp³-hybridized carbons (Fsp3) is 0.0417. The van der Waals surface area contributed by atoms with Crippen molar-refractivity contribution in [3.8, 4) is 5.75 Å². The van der Waals surface area contributed by atoms with Gasteiger partial charge in [-0.05, 0) is 86.3 Å². The zero-order valence-corrected chi connectivity index (χ0v) is 20.6. The first kappa shape index (κ1) is 23.5. The Bertz CT molecular complexity index is 1370. The summed E-state index contributed by atoms with van der Waals surface area (Å²) in [7, 11) is 0. The molecule has 1 aliphatic rings. The van der Waals surface area contributed by atoms with Crippen molar-refractivity contribution in [1.82, 2.24) is 0 Å². The van der Waals surface area contributed by atoms with Crippen LogP contribution < -0.4 is 4.74 Å². The van der Waals surface area contributed by atoms with Gasteiger partial charge in [-0.2, -0.15) is 0 Å². The number of nitrogens with zero attached hydrogens (tertiary/aromatic N) is 2. The number of hydrogen-bond donors (Lipinski definition) is 0. The maximum absolute atomic E-state index is 12.6. The molecule has 0 saturated heterocycles. The monoisotopic (exact) mass is 584 g/mol. The van der Waals surface area contributed by atoms with Crippen molar-refractivity contribution in [3.05, 3.63) is 108 Å². The van der Waals surface area contributed by atoms with E-state index in [-0.39, 0.29) is 17.3 Å². The van der Waals surface area contributed by atoms with Gasteiger partial charge in [-0.15, -0.1) is 0 Å². The minimum atomic E-state index is -0.657. The van der Waals surface area contributed by atoms with Crippen molar-refractivity contribution in [1.29, 1.82) is 0 Å². The first-order valence-corrected chi connectivity index (χ1v) is 11.4. The Kier molecular flexibility index (Phi) is 6.71. The van der Waals surface area contributed by atoms with Crippen LogP contribution in [0.25, 0.3) is 6.08 Å². The van der Waals surface area contributed by atoms with E-state index in [1.807, 2.05) is 19.1 Å². The molecule has 0 fully saturated rings. The van der Waals surface area contributed by atoms with E-state index >= 15 is 0 Å². The molecule has 34 heavy (non-hydrogen) atoms. The molecule has 0 saturated carbocycles. The molecule has 0 amide bonds. The number of hydrogen-bond acceptors (Lipinski definition) is 7. The molecule has 0 N–H and O–H groups in total. The predicted molar refractivity (Wildman–Crippen MR) is 132 cm³/mol. The fourth-order valence-corrected chi connectivity index (χ4v) is 4.51. The van der Waals surface area contributed by atoms with E-state index in [1.54, 1.807) is 24.3 Å². The van der Waals surface area contributed by atoms with Crippen LogP contribution in [0.5, 0.6) is 5.75 Å². The summed E-state index contributed by atoms with van der Waals surface area (Å²) in [5.41, 5.74) is 2.24. The molecule has 0 spiro atoms. The third kappa shape index (κ3) is 4.97. The van der Waals surface area contributed by atoms with Crippen LogP contribution in [0.4, 0.5) is 5.69 Å². The Morgan fingerprint density at radius 1 is 1.09 bits per heavy atom. The number of carbonyl (C=O) groups excluding carboxylic acids is 2. The number of halogens is 2. The van der Waals surface area contributed by atoms with Crippen LogP contribution in [0.3, 0.4) is 0 Å². The molecule has 0 atom stereocenters. The molecule has 3 aromatic carbocycles. The molecular weight excluding hydrogens is 572 g/mol. The van der Waals surface area contributed by atoms with Crippen LogP contribution in [-0.2, 0) is 9.53 Å². The number of cyclic esters (lactones) is 1. The lowest BCUT2D eigenvalue weighted by atomic mass is 10.1. The lowest BCUT2D eigenvalue weighted by molar-refractivity contribution is -0.384. The number of non-ortho nitro benzene ring substituents is 1. The Labute approximate surface area is 210 Å². The van der Waals surface area contributed by atoms with E-state index in [1.165, 1.54) is 30.3 Å². The maximum atomic E-state index is 12.6. The zero-order chi connectivity index (χ0) is 24.4. The average Bonchev–Trinajstić information content (AvgIpc) is 3.16. The Morgan fingerprint density at radius 3 is 2.35 bits per heavy atom. The summed E-state index contributed by atoms with van der Waals surface area (Å²) in [6, 6.07) is 16.0. The number of aliphatic imine (C=N–C) groups is 1. The van der Waals surface area contributed by atoms with Gasteiger partial charge in [-0.1, -0.05) is 18.2 Å². The van der Waals surface area contributed by atoms with Crippen LogP contribution in [0, 0.1) is 17.0 Å². The molecule has 3 aromatic rings. The second-order valence-electron chi connectivity index (χ2n) is 7.16. The number of rotatable bonds is 5. The normalized spacial score (nSPS) is 14.0. The van der Waals surface area contributed by atoms with Crippen molar-refractivity contribution >= 4 is 61.5 Å². The fourth-order valence-electron chi connectivity index (χ4n) is 3.13. The summed E-state index contributed by atoms with van der Waals surface area (Å²) in [4.78, 5) is 39.4. The summed E-state index contributed by atoms with van der Waals surface area (Å²) in [6.45, 7) is 1.82. The standard InChI is InChI=1S/C24H14Br2N2O6/c1-13-4-2-3-5-17(13)23(29)33-21-18(25)10-14(11-19(21)26)12-20-24(30)34-22(27-20)15-6-8-16(9-7-15)28(31)32/h2-12H,1H3/b20-12-. The van der Waals surface area contributed by atoms with E-state index in [2.05, 4.69) is 36.9 Å². The smallest absolute Gasteiger partial charge is 0.363 e. The van der Waals surface area contributed by atoms with Crippen LogP contribution in [0.15, 0.2) is 80.3 Å². The van der Waals surface area contributed by atoms with Crippen molar-refractivity contribution < 1.29 is 24.0 Å². The van der Waals surface area contributed by atoms with Crippen molar-refractivity contribution in [2.24, 2.45) is 4.99 Å². The number of esters is 2. The molecule has 0 bridgehead atoms. The topological polar surface area (TPSA) is 108 Å². The maximum Gasteiger partial charge on any atom is 0.363 e. The summed E-state index contributed by atoms with van der Waals surface area (Å²) in [6.07, 6.45) is 1.52. The van der Waals surface area contributed by atoms with Crippen LogP contribution in [-0.4, -0.2) is 22.8 Å². The summed E-state index contributed by atoms with van der Waals surface area (Å²) < 4.78 is 11.8. The highest BCUT2D eigenvalue weighted by atomic mass is 79.9. The number of ether oxygens (including phenoxy) is 2. The van der Waals surface area contributed by atoms with Gasteiger partial charge in [0, 0.05) is 17.7 Å². The molecular formula is C24H14Br2N2O6. The molecule has 0 aromatic heterocycles. The lowest BCUT2D eigenvalue weighted by Gasteiger charge is -2.11. The third-order valence-electron chi connectivity index (χ3n) is 4.83. The van der Waals surface area contributed by atoms with Crippen LogP contribution >= 0.6 is 31.9 Å². The van der Waals surface area contributed by atoms with Gasteiger partial charge in [-0.3, -0.25) is 10.1 Å². The quantitative estimate of drug-likeness (QED) is 0.120. The highest BCUT2D eigenvalue weighted by molar-refractivity contribution is 9.11. The lowest BCUT2D eigenvalue weighted by Crippen LogP contribution is -2.11. The second-order valence-corrected chi connectivity index (χ2v) is 8.87. The number of aryl methyl sites for hydroxylation is 1. The Balaban J connectivity index is 1.58. The molecule has 0 radical (unpaired) electrons. The SMILES string of the molecule is Cc1ccccc1C(=O)Oc1c(Br)cc(/C=C2\N=C(c3ccc([N+](=O)[O-])cc3)OC2=O)cc1Br. The minimum Gasteiger partial charge on any atom is -0.420 e. The Morgan fingerprint density at radius 2 is 1.74 bits per heavy atom. The number of nitro benzene ring substituents is 1. The summed E-state index contributed by atoms with van der Waals surface area (Å²) >= 11 is 6.81. The van der Waals surface area contributed by atoms with Crippen LogP contribution in [0.2, 0.25) is 0 Å². The second kappa shape index (κ2) is 9.70. The minimum absolute atomic E-state index is 0.0491. The van der Waals surface area contributed by atoms with Crippen LogP contribution in [0.1, 0.15) is 27.0 Å². The van der Waals surface area contributed by atoms with E-state index < -0.39 is 16.9 Å². The van der Waals surface area contributed by atoms with E-state index in [4.69, 9.17) is 9.47 Å². The molecule has 8 nitrogen and oxygen atoms in total. The van der Waals surface area contributed by atoms with Crippen molar-refractivity contribution in [2.75, 3.05) is 0 Å². The van der Waals surface area contributed by atoms with Crippen molar-refractivity contribution in [3.63, 3.8) is 0 Å². The van der Waals surface area contributed by atoms with E-state index in [0.717, 1.165) is 5.56 Å². The zero-order valence-electron chi connectivity index (χ0n) is 17.5. The van der Waals surface area contributed by atoms with Gasteiger partial charge in [-0.25, -0.2) is 14.6 Å². The first-order valence-electron chi connectivity index (χ1n) is 9.77. The summed E-state index contributed by atoms with van der Waals surface area (Å²) in [5.74, 6) is -0.814.